The number of pyridine rings is 2. The van der Waals surface area contributed by atoms with Crippen molar-refractivity contribution in [3.05, 3.63) is 108 Å². The second-order valence-corrected chi connectivity index (χ2v) is 9.20. The molecule has 2 aromatic carbocycles. The van der Waals surface area contributed by atoms with E-state index in [1.54, 1.807) is 11.8 Å². The van der Waals surface area contributed by atoms with Crippen molar-refractivity contribution < 1.29 is 0 Å². The number of benzene rings is 2. The summed E-state index contributed by atoms with van der Waals surface area (Å²) in [6, 6.07) is 29.5. The summed E-state index contributed by atoms with van der Waals surface area (Å²) in [5.41, 5.74) is 6.83. The predicted molar refractivity (Wildman–Crippen MR) is 135 cm³/mol. The number of aromatic nitrogens is 4. The maximum atomic E-state index is 5.06. The molecule has 4 heterocycles. The SMILES string of the molecule is Cc1ccc(-c2nc(Sc3nc(-c4ccc(C)cc4)n4ccccc34)c3ccccn23)cc1. The van der Waals surface area contributed by atoms with Gasteiger partial charge in [0.2, 0.25) is 0 Å². The molecule has 0 amide bonds. The molecule has 0 spiro atoms. The number of rotatable bonds is 4. The van der Waals surface area contributed by atoms with Gasteiger partial charge in [-0.1, -0.05) is 71.8 Å². The van der Waals surface area contributed by atoms with Crippen molar-refractivity contribution in [2.24, 2.45) is 0 Å². The first-order valence-corrected chi connectivity index (χ1v) is 11.8. The summed E-state index contributed by atoms with van der Waals surface area (Å²) in [4.78, 5) is 10.1. The van der Waals surface area contributed by atoms with Gasteiger partial charge in [0.05, 0.1) is 11.0 Å². The van der Waals surface area contributed by atoms with E-state index in [0.717, 1.165) is 43.9 Å². The summed E-state index contributed by atoms with van der Waals surface area (Å²) >= 11 is 1.62. The fraction of sp³-hybridized carbons (Fsp3) is 0.0714. The molecule has 0 atom stereocenters. The molecule has 4 nitrogen and oxygen atoms in total. The highest BCUT2D eigenvalue weighted by molar-refractivity contribution is 7.99. The van der Waals surface area contributed by atoms with Gasteiger partial charge < -0.3 is 0 Å². The van der Waals surface area contributed by atoms with E-state index >= 15 is 0 Å². The van der Waals surface area contributed by atoms with E-state index in [4.69, 9.17) is 9.97 Å². The molecule has 0 aliphatic carbocycles. The normalized spacial score (nSPS) is 11.5. The van der Waals surface area contributed by atoms with E-state index in [1.165, 1.54) is 11.1 Å². The Morgan fingerprint density at radius 2 is 0.970 bits per heavy atom. The molecule has 5 heteroatoms. The third-order valence-corrected chi connectivity index (χ3v) is 6.83. The summed E-state index contributed by atoms with van der Waals surface area (Å²) in [5.74, 6) is 1.88. The summed E-state index contributed by atoms with van der Waals surface area (Å²) < 4.78 is 4.32. The fourth-order valence-corrected chi connectivity index (χ4v) is 5.06. The quantitative estimate of drug-likeness (QED) is 0.290. The largest absolute Gasteiger partial charge is 0.299 e. The maximum Gasteiger partial charge on any atom is 0.145 e. The van der Waals surface area contributed by atoms with Crippen molar-refractivity contribution in [2.75, 3.05) is 0 Å². The maximum absolute atomic E-state index is 5.06. The number of fused-ring (bicyclic) bond motifs is 2. The van der Waals surface area contributed by atoms with Crippen LogP contribution in [0.1, 0.15) is 11.1 Å². The number of hydrogen-bond acceptors (Lipinski definition) is 3. The van der Waals surface area contributed by atoms with Crippen molar-refractivity contribution in [3.8, 4) is 22.8 Å². The number of imidazole rings is 2. The minimum absolute atomic E-state index is 0.940. The molecule has 6 rings (SSSR count). The number of nitrogens with zero attached hydrogens (tertiary/aromatic N) is 4. The van der Waals surface area contributed by atoms with Crippen LogP contribution in [0.3, 0.4) is 0 Å². The lowest BCUT2D eigenvalue weighted by atomic mass is 10.1. The lowest BCUT2D eigenvalue weighted by molar-refractivity contribution is 1.14. The average molecular weight is 447 g/mol. The molecule has 0 saturated heterocycles. The number of hydrogen-bond donors (Lipinski definition) is 0. The van der Waals surface area contributed by atoms with Crippen molar-refractivity contribution in [2.45, 2.75) is 23.9 Å². The van der Waals surface area contributed by atoms with Crippen LogP contribution in [0.2, 0.25) is 0 Å². The molecule has 0 radical (unpaired) electrons. The standard InChI is InChI=1S/C28H22N4S/c1-19-9-13-21(14-10-19)25-29-27(23-7-3-5-17-31(23)25)33-28-24-8-4-6-18-32(24)26(30-28)22-15-11-20(2)12-16-22/h3-18H,1-2H3. The van der Waals surface area contributed by atoms with Crippen LogP contribution < -0.4 is 0 Å². The van der Waals surface area contributed by atoms with Crippen LogP contribution >= 0.6 is 11.8 Å². The van der Waals surface area contributed by atoms with Gasteiger partial charge in [-0.3, -0.25) is 8.80 Å². The van der Waals surface area contributed by atoms with Gasteiger partial charge in [0, 0.05) is 23.5 Å². The Morgan fingerprint density at radius 1 is 0.545 bits per heavy atom. The summed E-state index contributed by atoms with van der Waals surface area (Å²) in [6.07, 6.45) is 4.15. The monoisotopic (exact) mass is 446 g/mol. The fourth-order valence-electron chi connectivity index (χ4n) is 4.07. The van der Waals surface area contributed by atoms with E-state index in [1.807, 2.05) is 12.1 Å². The topological polar surface area (TPSA) is 34.6 Å². The van der Waals surface area contributed by atoms with Gasteiger partial charge in [0.15, 0.2) is 0 Å². The first-order chi connectivity index (χ1) is 16.2. The highest BCUT2D eigenvalue weighted by Gasteiger charge is 2.18. The molecule has 0 saturated carbocycles. The highest BCUT2D eigenvalue weighted by Crippen LogP contribution is 2.37. The van der Waals surface area contributed by atoms with Gasteiger partial charge in [-0.2, -0.15) is 0 Å². The van der Waals surface area contributed by atoms with Crippen LogP contribution in [-0.2, 0) is 0 Å². The van der Waals surface area contributed by atoms with Crippen LogP contribution in [0.4, 0.5) is 0 Å². The second kappa shape index (κ2) is 7.94. The van der Waals surface area contributed by atoms with Crippen LogP contribution in [-0.4, -0.2) is 18.8 Å². The number of aryl methyl sites for hydroxylation is 2. The summed E-state index contributed by atoms with van der Waals surface area (Å²) in [7, 11) is 0. The Morgan fingerprint density at radius 3 is 1.39 bits per heavy atom. The zero-order valence-electron chi connectivity index (χ0n) is 18.4. The molecular weight excluding hydrogens is 424 g/mol. The molecule has 0 unspecified atom stereocenters. The van der Waals surface area contributed by atoms with Crippen molar-refractivity contribution in [3.63, 3.8) is 0 Å². The Bertz CT molecular complexity index is 1470. The third-order valence-electron chi connectivity index (χ3n) is 5.84. The highest BCUT2D eigenvalue weighted by atomic mass is 32.2. The van der Waals surface area contributed by atoms with E-state index in [-0.39, 0.29) is 0 Å². The Balaban J connectivity index is 1.49. The lowest BCUT2D eigenvalue weighted by Crippen LogP contribution is -1.88. The smallest absolute Gasteiger partial charge is 0.145 e. The van der Waals surface area contributed by atoms with E-state index in [0.29, 0.717) is 0 Å². The molecule has 4 aromatic heterocycles. The van der Waals surface area contributed by atoms with Crippen LogP contribution in [0.5, 0.6) is 0 Å². The molecule has 160 valence electrons. The summed E-state index contributed by atoms with van der Waals surface area (Å²) in [6.45, 7) is 4.20. The predicted octanol–water partition coefficient (Wildman–Crippen LogP) is 7.08. The average Bonchev–Trinajstić information content (AvgIpc) is 3.40. The molecule has 0 N–H and O–H groups in total. The molecule has 0 bridgehead atoms. The van der Waals surface area contributed by atoms with Crippen LogP contribution in [0.25, 0.3) is 33.8 Å². The zero-order valence-corrected chi connectivity index (χ0v) is 19.3. The lowest BCUT2D eigenvalue weighted by Gasteiger charge is -2.01. The first kappa shape index (κ1) is 19.8. The van der Waals surface area contributed by atoms with Gasteiger partial charge in [0.25, 0.3) is 0 Å². The van der Waals surface area contributed by atoms with E-state index in [9.17, 15) is 0 Å². The van der Waals surface area contributed by atoms with E-state index < -0.39 is 0 Å². The van der Waals surface area contributed by atoms with Crippen molar-refractivity contribution in [1.29, 1.82) is 0 Å². The minimum atomic E-state index is 0.940. The second-order valence-electron chi connectivity index (χ2n) is 8.23. The van der Waals surface area contributed by atoms with Crippen LogP contribution in [0, 0.1) is 13.8 Å². The van der Waals surface area contributed by atoms with Crippen molar-refractivity contribution >= 4 is 22.8 Å². The molecule has 0 fully saturated rings. The molecular formula is C28H22N4S. The summed E-state index contributed by atoms with van der Waals surface area (Å²) in [5, 5.41) is 1.90. The Labute approximate surface area is 196 Å². The van der Waals surface area contributed by atoms with E-state index in [2.05, 4.69) is 108 Å². The van der Waals surface area contributed by atoms with Gasteiger partial charge in [-0.15, -0.1) is 0 Å². The van der Waals surface area contributed by atoms with Gasteiger partial charge in [-0.25, -0.2) is 9.97 Å². The van der Waals surface area contributed by atoms with Gasteiger partial charge in [-0.05, 0) is 49.9 Å². The molecule has 33 heavy (non-hydrogen) atoms. The zero-order chi connectivity index (χ0) is 22.4. The Hall–Kier alpha value is -3.83. The van der Waals surface area contributed by atoms with Gasteiger partial charge >= 0.3 is 0 Å². The molecule has 6 aromatic rings. The van der Waals surface area contributed by atoms with Crippen molar-refractivity contribution in [1.82, 2.24) is 18.8 Å². The minimum Gasteiger partial charge on any atom is -0.299 e. The Kier molecular flexibility index (Phi) is 4.77. The third kappa shape index (κ3) is 3.51. The molecule has 0 aliphatic heterocycles. The van der Waals surface area contributed by atoms with Gasteiger partial charge in [0.1, 0.15) is 21.7 Å². The first-order valence-electron chi connectivity index (χ1n) is 10.9. The molecule has 0 aliphatic rings. The van der Waals surface area contributed by atoms with Crippen LogP contribution in [0.15, 0.2) is 107 Å².